The van der Waals surface area contributed by atoms with E-state index in [2.05, 4.69) is 41.8 Å². The minimum atomic E-state index is 0.771. The lowest BCUT2D eigenvalue weighted by atomic mass is 10.1. The summed E-state index contributed by atoms with van der Waals surface area (Å²) in [5, 5.41) is 0. The van der Waals surface area contributed by atoms with Crippen molar-refractivity contribution in [2.45, 2.75) is 26.3 Å². The number of nitrogens with zero attached hydrogens (tertiary/aromatic N) is 2. The molecule has 0 fully saturated rings. The Labute approximate surface area is 119 Å². The number of rotatable bonds is 4. The van der Waals surface area contributed by atoms with Crippen molar-refractivity contribution in [3.05, 3.63) is 59.9 Å². The molecule has 2 aromatic carbocycles. The van der Waals surface area contributed by atoms with Crippen LogP contribution in [-0.4, -0.2) is 9.55 Å². The van der Waals surface area contributed by atoms with Crippen LogP contribution in [0.4, 0.5) is 5.69 Å². The van der Waals surface area contributed by atoms with Gasteiger partial charge < -0.3 is 10.3 Å². The average molecular weight is 265 g/mol. The Morgan fingerprint density at radius 1 is 1.05 bits per heavy atom. The SMILES string of the molecule is CCn1c(CCc2ccccc2)nc2cc(N)ccc21. The van der Waals surface area contributed by atoms with Crippen LogP contribution in [0.2, 0.25) is 0 Å². The number of hydrogen-bond acceptors (Lipinski definition) is 2. The van der Waals surface area contributed by atoms with Crippen LogP contribution in [-0.2, 0) is 19.4 Å². The summed E-state index contributed by atoms with van der Waals surface area (Å²) < 4.78 is 2.28. The van der Waals surface area contributed by atoms with Crippen LogP contribution >= 0.6 is 0 Å². The third kappa shape index (κ3) is 2.39. The molecule has 2 N–H and O–H groups in total. The number of anilines is 1. The molecule has 0 aliphatic rings. The van der Waals surface area contributed by atoms with Gasteiger partial charge in [-0.05, 0) is 37.1 Å². The third-order valence-electron chi connectivity index (χ3n) is 3.65. The molecular weight excluding hydrogens is 246 g/mol. The molecule has 0 amide bonds. The molecule has 0 atom stereocenters. The molecule has 0 spiro atoms. The van der Waals surface area contributed by atoms with Gasteiger partial charge in [0.25, 0.3) is 0 Å². The largest absolute Gasteiger partial charge is 0.399 e. The molecule has 0 unspecified atom stereocenters. The standard InChI is InChI=1S/C17H19N3/c1-2-20-16-10-9-14(18)12-15(16)19-17(20)11-8-13-6-4-3-5-7-13/h3-7,9-10,12H,2,8,11,18H2,1H3. The highest BCUT2D eigenvalue weighted by molar-refractivity contribution is 5.79. The number of fused-ring (bicyclic) bond motifs is 1. The number of hydrogen-bond donors (Lipinski definition) is 1. The predicted octanol–water partition coefficient (Wildman–Crippen LogP) is 3.42. The van der Waals surface area contributed by atoms with E-state index in [1.165, 1.54) is 11.1 Å². The Balaban J connectivity index is 1.91. The van der Waals surface area contributed by atoms with Crippen LogP contribution in [0.25, 0.3) is 11.0 Å². The molecule has 0 aliphatic carbocycles. The summed E-state index contributed by atoms with van der Waals surface area (Å²) in [6, 6.07) is 16.5. The first kappa shape index (κ1) is 12.7. The van der Waals surface area contributed by atoms with Crippen LogP contribution in [0.15, 0.2) is 48.5 Å². The van der Waals surface area contributed by atoms with Crippen molar-refractivity contribution in [3.8, 4) is 0 Å². The molecule has 0 radical (unpaired) electrons. The molecule has 20 heavy (non-hydrogen) atoms. The molecule has 1 heterocycles. The van der Waals surface area contributed by atoms with Gasteiger partial charge in [-0.2, -0.15) is 0 Å². The number of nitrogen functional groups attached to an aromatic ring is 1. The normalized spacial score (nSPS) is 11.1. The van der Waals surface area contributed by atoms with Gasteiger partial charge in [0.1, 0.15) is 5.82 Å². The highest BCUT2D eigenvalue weighted by Gasteiger charge is 2.09. The van der Waals surface area contributed by atoms with Crippen molar-refractivity contribution >= 4 is 16.7 Å². The maximum Gasteiger partial charge on any atom is 0.110 e. The second kappa shape index (κ2) is 5.37. The van der Waals surface area contributed by atoms with Gasteiger partial charge in [-0.3, -0.25) is 0 Å². The van der Waals surface area contributed by atoms with E-state index < -0.39 is 0 Å². The molecule has 1 aromatic heterocycles. The maximum absolute atomic E-state index is 5.84. The third-order valence-corrected chi connectivity index (χ3v) is 3.65. The molecule has 3 heteroatoms. The number of benzene rings is 2. The summed E-state index contributed by atoms with van der Waals surface area (Å²) in [4.78, 5) is 4.74. The van der Waals surface area contributed by atoms with Gasteiger partial charge in [0.05, 0.1) is 11.0 Å². The van der Waals surface area contributed by atoms with Crippen molar-refractivity contribution in [1.29, 1.82) is 0 Å². The van der Waals surface area contributed by atoms with Crippen molar-refractivity contribution in [3.63, 3.8) is 0 Å². The zero-order chi connectivity index (χ0) is 13.9. The maximum atomic E-state index is 5.84. The van der Waals surface area contributed by atoms with Gasteiger partial charge in [-0.1, -0.05) is 30.3 Å². The van der Waals surface area contributed by atoms with Crippen LogP contribution in [0.3, 0.4) is 0 Å². The summed E-state index contributed by atoms with van der Waals surface area (Å²) >= 11 is 0. The van der Waals surface area contributed by atoms with E-state index in [0.29, 0.717) is 0 Å². The Bertz CT molecular complexity index is 714. The van der Waals surface area contributed by atoms with Crippen molar-refractivity contribution < 1.29 is 0 Å². The smallest absolute Gasteiger partial charge is 0.110 e. The van der Waals surface area contributed by atoms with E-state index in [9.17, 15) is 0 Å². The predicted molar refractivity (Wildman–Crippen MR) is 83.7 cm³/mol. The van der Waals surface area contributed by atoms with Crippen molar-refractivity contribution in [2.24, 2.45) is 0 Å². The van der Waals surface area contributed by atoms with E-state index in [-0.39, 0.29) is 0 Å². The lowest BCUT2D eigenvalue weighted by molar-refractivity contribution is 0.707. The zero-order valence-electron chi connectivity index (χ0n) is 11.7. The molecule has 102 valence electrons. The van der Waals surface area contributed by atoms with Crippen molar-refractivity contribution in [1.82, 2.24) is 9.55 Å². The van der Waals surface area contributed by atoms with Gasteiger partial charge in [-0.15, -0.1) is 0 Å². The fourth-order valence-corrected chi connectivity index (χ4v) is 2.64. The van der Waals surface area contributed by atoms with Gasteiger partial charge >= 0.3 is 0 Å². The van der Waals surface area contributed by atoms with Gasteiger partial charge in [0, 0.05) is 18.7 Å². The Morgan fingerprint density at radius 2 is 1.85 bits per heavy atom. The van der Waals surface area contributed by atoms with E-state index in [0.717, 1.165) is 36.4 Å². The summed E-state index contributed by atoms with van der Waals surface area (Å²) in [7, 11) is 0. The number of aryl methyl sites for hydroxylation is 3. The van der Waals surface area contributed by atoms with E-state index in [1.54, 1.807) is 0 Å². The lowest BCUT2D eigenvalue weighted by Gasteiger charge is -2.06. The highest BCUT2D eigenvalue weighted by Crippen LogP contribution is 2.20. The number of imidazole rings is 1. The average Bonchev–Trinajstić information content (AvgIpc) is 2.82. The van der Waals surface area contributed by atoms with Crippen LogP contribution in [0, 0.1) is 0 Å². The topological polar surface area (TPSA) is 43.8 Å². The fraction of sp³-hybridized carbons (Fsp3) is 0.235. The lowest BCUT2D eigenvalue weighted by Crippen LogP contribution is -2.03. The molecular formula is C17H19N3. The second-order valence-electron chi connectivity index (χ2n) is 5.01. The van der Waals surface area contributed by atoms with Gasteiger partial charge in [0.15, 0.2) is 0 Å². The van der Waals surface area contributed by atoms with Crippen LogP contribution in [0.5, 0.6) is 0 Å². The Kier molecular flexibility index (Phi) is 3.42. The quantitative estimate of drug-likeness (QED) is 0.734. The van der Waals surface area contributed by atoms with Gasteiger partial charge in [0.2, 0.25) is 0 Å². The summed E-state index contributed by atoms with van der Waals surface area (Å²) in [6.07, 6.45) is 1.96. The van der Waals surface area contributed by atoms with Gasteiger partial charge in [-0.25, -0.2) is 4.98 Å². The molecule has 0 aliphatic heterocycles. The van der Waals surface area contributed by atoms with Crippen molar-refractivity contribution in [2.75, 3.05) is 5.73 Å². The molecule has 3 rings (SSSR count). The highest BCUT2D eigenvalue weighted by atomic mass is 15.1. The number of nitrogens with two attached hydrogens (primary N) is 1. The molecule has 0 saturated heterocycles. The summed E-state index contributed by atoms with van der Waals surface area (Å²) in [6.45, 7) is 3.09. The molecule has 0 bridgehead atoms. The summed E-state index contributed by atoms with van der Waals surface area (Å²) in [5.41, 5.74) is 10.1. The second-order valence-corrected chi connectivity index (χ2v) is 5.01. The minimum Gasteiger partial charge on any atom is -0.399 e. The zero-order valence-corrected chi connectivity index (χ0v) is 11.7. The fourth-order valence-electron chi connectivity index (χ4n) is 2.64. The number of aromatic nitrogens is 2. The summed E-state index contributed by atoms with van der Waals surface area (Å²) in [5.74, 6) is 1.14. The van der Waals surface area contributed by atoms with E-state index >= 15 is 0 Å². The van der Waals surface area contributed by atoms with Crippen LogP contribution < -0.4 is 5.73 Å². The first-order valence-electron chi connectivity index (χ1n) is 7.06. The Morgan fingerprint density at radius 3 is 2.60 bits per heavy atom. The Hall–Kier alpha value is -2.29. The first-order chi connectivity index (χ1) is 9.78. The minimum absolute atomic E-state index is 0.771. The monoisotopic (exact) mass is 265 g/mol. The van der Waals surface area contributed by atoms with E-state index in [1.807, 2.05) is 18.2 Å². The molecule has 3 nitrogen and oxygen atoms in total. The van der Waals surface area contributed by atoms with Crippen LogP contribution in [0.1, 0.15) is 18.3 Å². The van der Waals surface area contributed by atoms with E-state index in [4.69, 9.17) is 10.7 Å². The molecule has 0 saturated carbocycles. The molecule has 3 aromatic rings. The first-order valence-corrected chi connectivity index (χ1v) is 7.06.